The Kier molecular flexibility index (Phi) is 6.39. The van der Waals surface area contributed by atoms with Crippen molar-refractivity contribution in [1.29, 1.82) is 0 Å². The summed E-state index contributed by atoms with van der Waals surface area (Å²) < 4.78 is 35.0. The Morgan fingerprint density at radius 2 is 1.95 bits per heavy atom. The van der Waals surface area contributed by atoms with Gasteiger partial charge >= 0.3 is 0 Å². The van der Waals surface area contributed by atoms with E-state index in [1.807, 2.05) is 32.3 Å². The third-order valence-corrected chi connectivity index (χ3v) is 6.27. The summed E-state index contributed by atoms with van der Waals surface area (Å²) in [5.41, 5.74) is 3.95. The Bertz CT molecular complexity index is 1690. The van der Waals surface area contributed by atoms with Gasteiger partial charge in [0.25, 0.3) is 0 Å². The molecule has 0 atom stereocenters. The molecule has 0 aliphatic carbocycles. The lowest BCUT2D eigenvalue weighted by Crippen LogP contribution is -2.21. The van der Waals surface area contributed by atoms with E-state index < -0.39 is 10.0 Å². The second-order valence-corrected chi connectivity index (χ2v) is 10.5. The van der Waals surface area contributed by atoms with Crippen molar-refractivity contribution in [2.75, 3.05) is 50.6 Å². The molecule has 5 rings (SSSR count). The SMILES string of the molecule is COc1cc(NS(C)(=O)=O)ccc1-n1nc(NCCN(C)C)c2cnc(-c3cnc4cccnn34)cc21. The first-order valence-corrected chi connectivity index (χ1v) is 13.4. The van der Waals surface area contributed by atoms with Crippen molar-refractivity contribution in [1.82, 2.24) is 34.3 Å². The highest BCUT2D eigenvalue weighted by Gasteiger charge is 2.19. The normalized spacial score (nSPS) is 11.9. The number of sulfonamides is 1. The minimum atomic E-state index is -3.44. The van der Waals surface area contributed by atoms with E-state index in [0.717, 1.165) is 35.0 Å². The topological polar surface area (TPSA) is 132 Å². The highest BCUT2D eigenvalue weighted by molar-refractivity contribution is 7.92. The van der Waals surface area contributed by atoms with Gasteiger partial charge in [0, 0.05) is 31.5 Å². The maximum Gasteiger partial charge on any atom is 0.229 e. The van der Waals surface area contributed by atoms with Crippen molar-refractivity contribution in [2.45, 2.75) is 0 Å². The van der Waals surface area contributed by atoms with E-state index in [1.54, 1.807) is 46.0 Å². The molecule has 0 bridgehead atoms. The van der Waals surface area contributed by atoms with E-state index >= 15 is 0 Å². The minimum Gasteiger partial charge on any atom is -0.494 e. The maximum absolute atomic E-state index is 11.7. The van der Waals surface area contributed by atoms with Crippen molar-refractivity contribution >= 4 is 38.1 Å². The number of imidazole rings is 1. The zero-order valence-electron chi connectivity index (χ0n) is 20.9. The number of nitrogens with one attached hydrogen (secondary N) is 2. The summed E-state index contributed by atoms with van der Waals surface area (Å²) in [5.74, 6) is 1.13. The Balaban J connectivity index is 1.66. The van der Waals surface area contributed by atoms with Gasteiger partial charge in [-0.25, -0.2) is 22.6 Å². The lowest BCUT2D eigenvalue weighted by molar-refractivity contribution is 0.412. The molecule has 37 heavy (non-hydrogen) atoms. The third kappa shape index (κ3) is 5.04. The van der Waals surface area contributed by atoms with Crippen molar-refractivity contribution in [3.05, 3.63) is 55.0 Å². The molecule has 13 heteroatoms. The number of hydrogen-bond donors (Lipinski definition) is 2. The predicted octanol–water partition coefficient (Wildman–Crippen LogP) is 2.48. The van der Waals surface area contributed by atoms with Crippen LogP contribution in [0.3, 0.4) is 0 Å². The van der Waals surface area contributed by atoms with Gasteiger partial charge in [0.1, 0.15) is 17.1 Å². The highest BCUT2D eigenvalue weighted by Crippen LogP contribution is 2.33. The molecule has 4 heterocycles. The van der Waals surface area contributed by atoms with Gasteiger partial charge in [0.2, 0.25) is 10.0 Å². The van der Waals surface area contributed by atoms with Crippen LogP contribution in [-0.4, -0.2) is 83.2 Å². The summed E-state index contributed by atoms with van der Waals surface area (Å²) in [6.45, 7) is 1.51. The molecule has 0 aliphatic heterocycles. The monoisotopic (exact) mass is 521 g/mol. The van der Waals surface area contributed by atoms with E-state index in [4.69, 9.17) is 14.8 Å². The van der Waals surface area contributed by atoms with Gasteiger partial charge in [-0.05, 0) is 44.4 Å². The number of rotatable bonds is 9. The quantitative estimate of drug-likeness (QED) is 0.300. The predicted molar refractivity (Wildman–Crippen MR) is 143 cm³/mol. The van der Waals surface area contributed by atoms with Gasteiger partial charge in [-0.3, -0.25) is 9.71 Å². The summed E-state index contributed by atoms with van der Waals surface area (Å²) in [6, 6.07) is 10.7. The van der Waals surface area contributed by atoms with Crippen LogP contribution in [0.15, 0.2) is 55.0 Å². The van der Waals surface area contributed by atoms with Crippen LogP contribution < -0.4 is 14.8 Å². The summed E-state index contributed by atoms with van der Waals surface area (Å²) in [6.07, 6.45) is 6.31. The van der Waals surface area contributed by atoms with E-state index in [9.17, 15) is 8.42 Å². The molecule has 0 unspecified atom stereocenters. The van der Waals surface area contributed by atoms with Gasteiger partial charge in [-0.15, -0.1) is 5.10 Å². The van der Waals surface area contributed by atoms with Crippen molar-refractivity contribution in [3.63, 3.8) is 0 Å². The van der Waals surface area contributed by atoms with E-state index in [0.29, 0.717) is 35.2 Å². The molecule has 0 radical (unpaired) electrons. The summed E-state index contributed by atoms with van der Waals surface area (Å²) in [4.78, 5) is 11.2. The smallest absolute Gasteiger partial charge is 0.229 e. The Labute approximate surface area is 214 Å². The van der Waals surface area contributed by atoms with E-state index in [2.05, 4.69) is 25.0 Å². The number of likely N-dealkylation sites (N-methyl/N-ethyl adjacent to an activating group) is 1. The molecule has 1 aromatic carbocycles. The number of anilines is 2. The molecule has 0 saturated heterocycles. The van der Waals surface area contributed by atoms with Crippen molar-refractivity contribution in [2.24, 2.45) is 0 Å². The zero-order chi connectivity index (χ0) is 26.2. The maximum atomic E-state index is 11.7. The number of hydrogen-bond acceptors (Lipinski definition) is 9. The first-order valence-electron chi connectivity index (χ1n) is 11.5. The number of nitrogens with zero attached hydrogens (tertiary/aromatic N) is 7. The van der Waals surface area contributed by atoms with Gasteiger partial charge in [0.15, 0.2) is 11.5 Å². The molecule has 2 N–H and O–H groups in total. The fraction of sp³-hybridized carbons (Fsp3) is 0.250. The largest absolute Gasteiger partial charge is 0.494 e. The van der Waals surface area contributed by atoms with Crippen LogP contribution in [0.1, 0.15) is 0 Å². The van der Waals surface area contributed by atoms with Crippen LogP contribution in [-0.2, 0) is 10.0 Å². The summed E-state index contributed by atoms with van der Waals surface area (Å²) >= 11 is 0. The second kappa shape index (κ2) is 9.67. The zero-order valence-corrected chi connectivity index (χ0v) is 21.7. The van der Waals surface area contributed by atoms with Crippen molar-refractivity contribution < 1.29 is 13.2 Å². The Hall–Kier alpha value is -4.23. The fourth-order valence-electron chi connectivity index (χ4n) is 4.00. The molecular formula is C24H27N9O3S. The minimum absolute atomic E-state index is 0.392. The molecule has 192 valence electrons. The summed E-state index contributed by atoms with van der Waals surface area (Å²) in [5, 5.41) is 13.5. The number of aromatic nitrogens is 6. The van der Waals surface area contributed by atoms with Gasteiger partial charge in [0.05, 0.1) is 41.8 Å². The molecule has 4 aromatic heterocycles. The van der Waals surface area contributed by atoms with Crippen LogP contribution in [0.25, 0.3) is 33.6 Å². The number of pyridine rings is 1. The fourth-order valence-corrected chi connectivity index (χ4v) is 4.55. The van der Waals surface area contributed by atoms with Gasteiger partial charge < -0.3 is 15.0 Å². The molecule has 5 aromatic rings. The van der Waals surface area contributed by atoms with Crippen LogP contribution >= 0.6 is 0 Å². The number of fused-ring (bicyclic) bond motifs is 2. The lowest BCUT2D eigenvalue weighted by atomic mass is 10.2. The number of methoxy groups -OCH3 is 1. The number of ether oxygens (including phenoxy) is 1. The van der Waals surface area contributed by atoms with Crippen LogP contribution in [0.2, 0.25) is 0 Å². The van der Waals surface area contributed by atoms with Crippen LogP contribution in [0.5, 0.6) is 5.75 Å². The van der Waals surface area contributed by atoms with Crippen LogP contribution in [0, 0.1) is 0 Å². The Morgan fingerprint density at radius 1 is 1.11 bits per heavy atom. The molecule has 0 amide bonds. The average molecular weight is 522 g/mol. The molecular weight excluding hydrogens is 494 g/mol. The van der Waals surface area contributed by atoms with Gasteiger partial charge in [-0.2, -0.15) is 5.10 Å². The average Bonchev–Trinajstić information content (AvgIpc) is 3.44. The lowest BCUT2D eigenvalue weighted by Gasteiger charge is -2.12. The Morgan fingerprint density at radius 3 is 2.70 bits per heavy atom. The van der Waals surface area contributed by atoms with E-state index in [1.165, 1.54) is 7.11 Å². The first kappa shape index (κ1) is 24.5. The molecule has 0 aliphatic rings. The third-order valence-electron chi connectivity index (χ3n) is 5.67. The second-order valence-electron chi connectivity index (χ2n) is 8.78. The molecule has 0 saturated carbocycles. The molecule has 0 spiro atoms. The summed E-state index contributed by atoms with van der Waals surface area (Å²) in [7, 11) is 2.10. The van der Waals surface area contributed by atoms with Crippen LogP contribution in [0.4, 0.5) is 11.5 Å². The molecule has 12 nitrogen and oxygen atoms in total. The van der Waals surface area contributed by atoms with Crippen molar-refractivity contribution in [3.8, 4) is 22.8 Å². The first-order chi connectivity index (χ1) is 17.7. The standard InChI is InChI=1S/C24H27N9O3S/c1-31(2)11-10-25-24-17-14-26-18(21-15-27-23-6-5-9-28-33(21)23)13-20(17)32(29-24)19-8-7-16(12-22(19)36-3)30-37(4,34)35/h5-9,12-15,30H,10-11H2,1-4H3,(H,25,29). The highest BCUT2D eigenvalue weighted by atomic mass is 32.2. The van der Waals surface area contributed by atoms with Gasteiger partial charge in [-0.1, -0.05) is 0 Å². The number of benzene rings is 1. The van der Waals surface area contributed by atoms with E-state index in [-0.39, 0.29) is 0 Å². The molecule has 0 fully saturated rings.